The largest absolute Gasteiger partial charge is 0.493 e. The molecule has 1 unspecified atom stereocenters. The molecule has 0 aromatic heterocycles. The second-order valence-corrected chi connectivity index (χ2v) is 6.08. The molecule has 0 fully saturated rings. The van der Waals surface area contributed by atoms with Crippen molar-refractivity contribution in [2.24, 2.45) is 0 Å². The highest BCUT2D eigenvalue weighted by Crippen LogP contribution is 2.38. The number of benzene rings is 2. The molecule has 0 N–H and O–H groups in total. The van der Waals surface area contributed by atoms with Crippen LogP contribution in [0.2, 0.25) is 0 Å². The Labute approximate surface area is 143 Å². The van der Waals surface area contributed by atoms with Gasteiger partial charge in [0.2, 0.25) is 5.91 Å². The predicted octanol–water partition coefficient (Wildman–Crippen LogP) is 3.39. The van der Waals surface area contributed by atoms with Crippen molar-refractivity contribution in [3.05, 3.63) is 59.2 Å². The molecule has 1 heterocycles. The lowest BCUT2D eigenvalue weighted by Gasteiger charge is -2.36. The third kappa shape index (κ3) is 3.09. The van der Waals surface area contributed by atoms with Gasteiger partial charge in [-0.2, -0.15) is 0 Å². The van der Waals surface area contributed by atoms with E-state index in [0.29, 0.717) is 12.2 Å². The molecule has 126 valence electrons. The first-order valence-electron chi connectivity index (χ1n) is 8.22. The summed E-state index contributed by atoms with van der Waals surface area (Å²) in [6.45, 7) is 2.81. The molecule has 0 spiro atoms. The summed E-state index contributed by atoms with van der Waals surface area (Å²) in [6, 6.07) is 14.0. The number of amides is 1. The molecule has 1 aliphatic rings. The molecule has 1 amide bonds. The van der Waals surface area contributed by atoms with Gasteiger partial charge in [0.05, 0.1) is 26.7 Å². The van der Waals surface area contributed by atoms with Crippen LogP contribution < -0.4 is 9.47 Å². The van der Waals surface area contributed by atoms with Gasteiger partial charge in [0, 0.05) is 6.54 Å². The molecule has 4 heteroatoms. The van der Waals surface area contributed by atoms with Crippen LogP contribution in [0.1, 0.15) is 29.7 Å². The average molecular weight is 325 g/mol. The van der Waals surface area contributed by atoms with Crippen LogP contribution in [0.4, 0.5) is 0 Å². The number of carbonyl (C=O) groups is 1. The molecule has 1 atom stereocenters. The maximum atomic E-state index is 12.7. The van der Waals surface area contributed by atoms with E-state index in [2.05, 4.69) is 6.92 Å². The van der Waals surface area contributed by atoms with Gasteiger partial charge in [-0.05, 0) is 42.2 Å². The van der Waals surface area contributed by atoms with Crippen LogP contribution in [0.15, 0.2) is 42.5 Å². The first kappa shape index (κ1) is 16.4. The summed E-state index contributed by atoms with van der Waals surface area (Å²) in [5.41, 5.74) is 3.41. The van der Waals surface area contributed by atoms with E-state index in [0.717, 1.165) is 29.8 Å². The lowest BCUT2D eigenvalue weighted by molar-refractivity contribution is -0.133. The average Bonchev–Trinajstić information content (AvgIpc) is 2.61. The molecule has 1 aliphatic heterocycles. The summed E-state index contributed by atoms with van der Waals surface area (Å²) in [7, 11) is 3.28. The van der Waals surface area contributed by atoms with Crippen LogP contribution in [0, 0.1) is 0 Å². The maximum Gasteiger partial charge on any atom is 0.227 e. The zero-order valence-electron chi connectivity index (χ0n) is 14.4. The van der Waals surface area contributed by atoms with E-state index in [-0.39, 0.29) is 11.9 Å². The maximum absolute atomic E-state index is 12.7. The van der Waals surface area contributed by atoms with Crippen molar-refractivity contribution in [1.82, 2.24) is 4.90 Å². The second-order valence-electron chi connectivity index (χ2n) is 6.08. The molecular formula is C20H23NO3. The van der Waals surface area contributed by atoms with E-state index in [9.17, 15) is 4.79 Å². The predicted molar refractivity (Wildman–Crippen MR) is 93.5 cm³/mol. The molecule has 3 rings (SSSR count). The van der Waals surface area contributed by atoms with Gasteiger partial charge < -0.3 is 14.4 Å². The molecule has 0 saturated carbocycles. The molecule has 0 aliphatic carbocycles. The fourth-order valence-electron chi connectivity index (χ4n) is 3.36. The van der Waals surface area contributed by atoms with E-state index in [4.69, 9.17) is 9.47 Å². The molecule has 4 nitrogen and oxygen atoms in total. The quantitative estimate of drug-likeness (QED) is 0.865. The molecule has 2 aromatic rings. The van der Waals surface area contributed by atoms with E-state index < -0.39 is 0 Å². The van der Waals surface area contributed by atoms with Crippen molar-refractivity contribution in [2.45, 2.75) is 25.8 Å². The van der Waals surface area contributed by atoms with Gasteiger partial charge in [0.25, 0.3) is 0 Å². The number of methoxy groups -OCH3 is 2. The highest BCUT2D eigenvalue weighted by Gasteiger charge is 2.29. The van der Waals surface area contributed by atoms with Gasteiger partial charge in [-0.1, -0.05) is 30.3 Å². The van der Waals surface area contributed by atoms with Crippen LogP contribution >= 0.6 is 0 Å². The highest BCUT2D eigenvalue weighted by molar-refractivity contribution is 5.79. The number of carbonyl (C=O) groups excluding carboxylic acids is 1. The first-order chi connectivity index (χ1) is 11.6. The second kappa shape index (κ2) is 6.95. The number of rotatable bonds is 4. The van der Waals surface area contributed by atoms with Crippen LogP contribution in [-0.2, 0) is 17.6 Å². The van der Waals surface area contributed by atoms with Gasteiger partial charge in [-0.3, -0.25) is 4.79 Å². The van der Waals surface area contributed by atoms with Crippen molar-refractivity contribution in [3.8, 4) is 11.5 Å². The van der Waals surface area contributed by atoms with Crippen molar-refractivity contribution < 1.29 is 14.3 Å². The Morgan fingerprint density at radius 3 is 2.46 bits per heavy atom. The zero-order chi connectivity index (χ0) is 17.1. The Morgan fingerprint density at radius 2 is 1.79 bits per heavy atom. The highest BCUT2D eigenvalue weighted by atomic mass is 16.5. The van der Waals surface area contributed by atoms with E-state index in [1.54, 1.807) is 14.2 Å². The fourth-order valence-corrected chi connectivity index (χ4v) is 3.36. The molecule has 0 saturated heterocycles. The summed E-state index contributed by atoms with van der Waals surface area (Å²) in [5.74, 6) is 1.61. The standard InChI is InChI=1S/C20H23NO3/c1-14-17-13-19(24-3)18(23-2)12-16(17)9-10-21(14)20(22)11-15-7-5-4-6-8-15/h4-8,12-14H,9-11H2,1-3H3. The SMILES string of the molecule is COc1cc2c(cc1OC)C(C)N(C(=O)Cc1ccccc1)CC2. The van der Waals surface area contributed by atoms with Crippen molar-refractivity contribution in [1.29, 1.82) is 0 Å². The third-order valence-electron chi connectivity index (χ3n) is 4.70. The van der Waals surface area contributed by atoms with Crippen molar-refractivity contribution in [3.63, 3.8) is 0 Å². The lowest BCUT2D eigenvalue weighted by Crippen LogP contribution is -2.39. The van der Waals surface area contributed by atoms with Gasteiger partial charge in [0.15, 0.2) is 11.5 Å². The Kier molecular flexibility index (Phi) is 4.74. The van der Waals surface area contributed by atoms with Gasteiger partial charge >= 0.3 is 0 Å². The summed E-state index contributed by atoms with van der Waals surface area (Å²) >= 11 is 0. The molecule has 0 radical (unpaired) electrons. The topological polar surface area (TPSA) is 38.8 Å². The Bertz CT molecular complexity index is 727. The van der Waals surface area contributed by atoms with Crippen LogP contribution in [0.5, 0.6) is 11.5 Å². The van der Waals surface area contributed by atoms with Gasteiger partial charge in [-0.25, -0.2) is 0 Å². The minimum atomic E-state index is 0.0322. The number of hydrogen-bond acceptors (Lipinski definition) is 3. The van der Waals surface area contributed by atoms with Crippen LogP contribution in [-0.4, -0.2) is 31.6 Å². The third-order valence-corrected chi connectivity index (χ3v) is 4.70. The number of ether oxygens (including phenoxy) is 2. The van der Waals surface area contributed by atoms with E-state index in [1.807, 2.05) is 47.4 Å². The summed E-state index contributed by atoms with van der Waals surface area (Å²) < 4.78 is 10.8. The van der Waals surface area contributed by atoms with Crippen molar-refractivity contribution in [2.75, 3.05) is 20.8 Å². The van der Waals surface area contributed by atoms with E-state index >= 15 is 0 Å². The monoisotopic (exact) mass is 325 g/mol. The smallest absolute Gasteiger partial charge is 0.227 e. The molecule has 0 bridgehead atoms. The number of nitrogens with zero attached hydrogens (tertiary/aromatic N) is 1. The van der Waals surface area contributed by atoms with Crippen molar-refractivity contribution >= 4 is 5.91 Å². The fraction of sp³-hybridized carbons (Fsp3) is 0.350. The van der Waals surface area contributed by atoms with Crippen LogP contribution in [0.25, 0.3) is 0 Å². The summed E-state index contributed by atoms with van der Waals surface area (Å²) in [5, 5.41) is 0. The number of hydrogen-bond donors (Lipinski definition) is 0. The minimum absolute atomic E-state index is 0.0322. The Hall–Kier alpha value is -2.49. The Balaban J connectivity index is 1.83. The summed E-state index contributed by atoms with van der Waals surface area (Å²) in [4.78, 5) is 14.7. The molecular weight excluding hydrogens is 302 g/mol. The first-order valence-corrected chi connectivity index (χ1v) is 8.22. The number of fused-ring (bicyclic) bond motifs is 1. The van der Waals surface area contributed by atoms with Gasteiger partial charge in [-0.15, -0.1) is 0 Å². The lowest BCUT2D eigenvalue weighted by atomic mass is 9.92. The molecule has 24 heavy (non-hydrogen) atoms. The molecule has 2 aromatic carbocycles. The normalized spacial score (nSPS) is 16.5. The summed E-state index contributed by atoms with van der Waals surface area (Å²) in [6.07, 6.45) is 1.27. The Morgan fingerprint density at radius 1 is 1.12 bits per heavy atom. The van der Waals surface area contributed by atoms with E-state index in [1.165, 1.54) is 5.56 Å². The van der Waals surface area contributed by atoms with Crippen LogP contribution in [0.3, 0.4) is 0 Å². The minimum Gasteiger partial charge on any atom is -0.493 e. The van der Waals surface area contributed by atoms with Gasteiger partial charge in [0.1, 0.15) is 0 Å². The zero-order valence-corrected chi connectivity index (χ0v) is 14.4.